The van der Waals surface area contributed by atoms with Gasteiger partial charge in [-0.2, -0.15) is 13.2 Å². The van der Waals surface area contributed by atoms with Gasteiger partial charge in [-0.05, 0) is 47.2 Å². The monoisotopic (exact) mass is 413 g/mol. The predicted octanol–water partition coefficient (Wildman–Crippen LogP) is 5.17. The molecule has 1 heterocycles. The number of amides is 1. The number of hydrogen-bond acceptors (Lipinski definition) is 5. The van der Waals surface area contributed by atoms with Crippen molar-refractivity contribution in [2.24, 2.45) is 0 Å². The number of hydrogen-bond donors (Lipinski definition) is 1. The highest BCUT2D eigenvalue weighted by Crippen LogP contribution is 2.31. The average molecular weight is 413 g/mol. The standard InChI is InChI=1S/C21H14F3N3O3/c1-29-17-11-14-5-3-2-4-13(14)10-16(17)18(28)25-20-27-26-19(30-20)12-6-8-15(9-7-12)21(22,23)24/h2-11H,1H3,(H,25,27,28). The molecule has 1 N–H and O–H groups in total. The lowest BCUT2D eigenvalue weighted by Crippen LogP contribution is -2.13. The van der Waals surface area contributed by atoms with Gasteiger partial charge < -0.3 is 9.15 Å². The second-order valence-corrected chi connectivity index (χ2v) is 6.34. The molecule has 9 heteroatoms. The summed E-state index contributed by atoms with van der Waals surface area (Å²) in [6.45, 7) is 0. The molecule has 0 saturated carbocycles. The zero-order valence-electron chi connectivity index (χ0n) is 15.5. The Balaban J connectivity index is 1.57. The number of halogens is 3. The Hall–Kier alpha value is -3.88. The van der Waals surface area contributed by atoms with E-state index in [2.05, 4.69) is 15.5 Å². The van der Waals surface area contributed by atoms with Gasteiger partial charge in [0.15, 0.2) is 0 Å². The van der Waals surface area contributed by atoms with E-state index in [1.54, 1.807) is 12.1 Å². The van der Waals surface area contributed by atoms with E-state index in [4.69, 9.17) is 9.15 Å². The molecule has 0 spiro atoms. The van der Waals surface area contributed by atoms with Crippen molar-refractivity contribution in [1.29, 1.82) is 0 Å². The Morgan fingerprint density at radius 3 is 2.30 bits per heavy atom. The van der Waals surface area contributed by atoms with E-state index in [0.29, 0.717) is 11.3 Å². The fourth-order valence-corrected chi connectivity index (χ4v) is 2.92. The van der Waals surface area contributed by atoms with Crippen LogP contribution in [0.15, 0.2) is 65.1 Å². The van der Waals surface area contributed by atoms with Crippen LogP contribution in [-0.4, -0.2) is 23.2 Å². The van der Waals surface area contributed by atoms with Crippen LogP contribution in [0.5, 0.6) is 5.75 Å². The summed E-state index contributed by atoms with van der Waals surface area (Å²) in [6.07, 6.45) is -4.44. The Kier molecular flexibility index (Phi) is 4.86. The maximum atomic E-state index is 12.7. The maximum absolute atomic E-state index is 12.7. The second kappa shape index (κ2) is 7.51. The molecule has 1 amide bonds. The van der Waals surface area contributed by atoms with Crippen molar-refractivity contribution in [3.8, 4) is 17.2 Å². The summed E-state index contributed by atoms with van der Waals surface area (Å²) in [5.74, 6) is -0.182. The third-order valence-electron chi connectivity index (χ3n) is 4.42. The topological polar surface area (TPSA) is 77.2 Å². The van der Waals surface area contributed by atoms with Gasteiger partial charge in [0.2, 0.25) is 5.89 Å². The van der Waals surface area contributed by atoms with Crippen LogP contribution in [0.2, 0.25) is 0 Å². The SMILES string of the molecule is COc1cc2ccccc2cc1C(=O)Nc1nnc(-c2ccc(C(F)(F)F)cc2)o1. The molecule has 0 radical (unpaired) electrons. The van der Waals surface area contributed by atoms with Gasteiger partial charge in [-0.25, -0.2) is 0 Å². The molecule has 0 atom stereocenters. The highest BCUT2D eigenvalue weighted by molar-refractivity contribution is 6.07. The van der Waals surface area contributed by atoms with Crippen LogP contribution in [0.1, 0.15) is 15.9 Å². The predicted molar refractivity (Wildman–Crippen MR) is 103 cm³/mol. The van der Waals surface area contributed by atoms with Crippen LogP contribution >= 0.6 is 0 Å². The van der Waals surface area contributed by atoms with Crippen LogP contribution in [0.4, 0.5) is 19.2 Å². The summed E-state index contributed by atoms with van der Waals surface area (Å²) in [5.41, 5.74) is -0.229. The van der Waals surface area contributed by atoms with Crippen molar-refractivity contribution in [2.45, 2.75) is 6.18 Å². The number of benzene rings is 3. The minimum absolute atomic E-state index is 0.0236. The molecule has 4 rings (SSSR count). The zero-order valence-corrected chi connectivity index (χ0v) is 15.5. The van der Waals surface area contributed by atoms with E-state index in [9.17, 15) is 18.0 Å². The smallest absolute Gasteiger partial charge is 0.416 e. The Morgan fingerprint density at radius 2 is 1.67 bits per heavy atom. The lowest BCUT2D eigenvalue weighted by molar-refractivity contribution is -0.137. The summed E-state index contributed by atoms with van der Waals surface area (Å²) in [6, 6.07) is 15.0. The molecule has 0 saturated heterocycles. The molecule has 0 aliphatic rings. The largest absolute Gasteiger partial charge is 0.496 e. The number of anilines is 1. The first-order valence-corrected chi connectivity index (χ1v) is 8.74. The van der Waals surface area contributed by atoms with E-state index >= 15 is 0 Å². The highest BCUT2D eigenvalue weighted by Gasteiger charge is 2.30. The van der Waals surface area contributed by atoms with Crippen LogP contribution in [0.25, 0.3) is 22.2 Å². The molecule has 6 nitrogen and oxygen atoms in total. The summed E-state index contributed by atoms with van der Waals surface area (Å²) >= 11 is 0. The van der Waals surface area contributed by atoms with Gasteiger partial charge in [-0.1, -0.05) is 29.4 Å². The van der Waals surface area contributed by atoms with Crippen LogP contribution < -0.4 is 10.1 Å². The first-order chi connectivity index (χ1) is 14.3. The molecule has 0 aliphatic heterocycles. The highest BCUT2D eigenvalue weighted by atomic mass is 19.4. The molecular formula is C21H14F3N3O3. The van der Waals surface area contributed by atoms with E-state index in [1.807, 2.05) is 24.3 Å². The zero-order chi connectivity index (χ0) is 21.3. The average Bonchev–Trinajstić information content (AvgIpc) is 3.20. The summed E-state index contributed by atoms with van der Waals surface area (Å²) < 4.78 is 48.7. The quantitative estimate of drug-likeness (QED) is 0.500. The van der Waals surface area contributed by atoms with Gasteiger partial charge in [0.1, 0.15) is 5.75 Å². The molecule has 4 aromatic rings. The number of nitrogens with zero attached hydrogens (tertiary/aromatic N) is 2. The third-order valence-corrected chi connectivity index (χ3v) is 4.42. The third kappa shape index (κ3) is 3.82. The molecule has 0 fully saturated rings. The lowest BCUT2D eigenvalue weighted by Gasteiger charge is -2.09. The molecular weight excluding hydrogens is 399 g/mol. The van der Waals surface area contributed by atoms with E-state index in [1.165, 1.54) is 19.2 Å². The van der Waals surface area contributed by atoms with Crippen molar-refractivity contribution in [2.75, 3.05) is 12.4 Å². The number of nitrogens with one attached hydrogen (secondary N) is 1. The van der Waals surface area contributed by atoms with Crippen molar-refractivity contribution in [3.05, 3.63) is 71.8 Å². The molecule has 1 aromatic heterocycles. The van der Waals surface area contributed by atoms with Crippen LogP contribution in [-0.2, 0) is 6.18 Å². The molecule has 0 bridgehead atoms. The van der Waals surface area contributed by atoms with Crippen LogP contribution in [0.3, 0.4) is 0 Å². The number of ether oxygens (including phenoxy) is 1. The Morgan fingerprint density at radius 1 is 1.00 bits per heavy atom. The number of carbonyl (C=O) groups is 1. The molecule has 152 valence electrons. The molecule has 30 heavy (non-hydrogen) atoms. The minimum atomic E-state index is -4.44. The number of fused-ring (bicyclic) bond motifs is 1. The van der Waals surface area contributed by atoms with Gasteiger partial charge in [-0.3, -0.25) is 10.1 Å². The summed E-state index contributed by atoms with van der Waals surface area (Å²) in [5, 5.41) is 11.8. The number of methoxy groups -OCH3 is 1. The fourth-order valence-electron chi connectivity index (χ4n) is 2.92. The summed E-state index contributed by atoms with van der Waals surface area (Å²) in [7, 11) is 1.45. The molecule has 0 unspecified atom stereocenters. The van der Waals surface area contributed by atoms with Gasteiger partial charge in [0.05, 0.1) is 18.2 Å². The van der Waals surface area contributed by atoms with E-state index < -0.39 is 17.6 Å². The first kappa shape index (κ1) is 19.4. The normalized spacial score (nSPS) is 11.5. The molecule has 0 aliphatic carbocycles. The van der Waals surface area contributed by atoms with Crippen molar-refractivity contribution in [1.82, 2.24) is 10.2 Å². The maximum Gasteiger partial charge on any atom is 0.416 e. The Labute approximate surface area is 168 Å². The fraction of sp³-hybridized carbons (Fsp3) is 0.0952. The van der Waals surface area contributed by atoms with E-state index in [-0.39, 0.29) is 17.5 Å². The number of aromatic nitrogens is 2. The number of carbonyl (C=O) groups excluding carboxylic acids is 1. The first-order valence-electron chi connectivity index (χ1n) is 8.74. The van der Waals surface area contributed by atoms with E-state index in [0.717, 1.165) is 22.9 Å². The van der Waals surface area contributed by atoms with Gasteiger partial charge in [0.25, 0.3) is 5.91 Å². The Bertz CT molecular complexity index is 1220. The van der Waals surface area contributed by atoms with Gasteiger partial charge in [-0.15, -0.1) is 5.10 Å². The van der Waals surface area contributed by atoms with Crippen molar-refractivity contribution in [3.63, 3.8) is 0 Å². The van der Waals surface area contributed by atoms with Crippen LogP contribution in [0, 0.1) is 0 Å². The van der Waals surface area contributed by atoms with Crippen molar-refractivity contribution < 1.29 is 27.1 Å². The van der Waals surface area contributed by atoms with Gasteiger partial charge in [0, 0.05) is 5.56 Å². The second-order valence-electron chi connectivity index (χ2n) is 6.34. The lowest BCUT2D eigenvalue weighted by atomic mass is 10.1. The summed E-state index contributed by atoms with van der Waals surface area (Å²) in [4.78, 5) is 12.7. The molecule has 3 aromatic carbocycles. The van der Waals surface area contributed by atoms with Gasteiger partial charge >= 0.3 is 12.2 Å². The minimum Gasteiger partial charge on any atom is -0.496 e. The van der Waals surface area contributed by atoms with Crippen molar-refractivity contribution >= 4 is 22.7 Å². The number of alkyl halides is 3. The number of rotatable bonds is 4.